The molecule has 2 heteroatoms. The summed E-state index contributed by atoms with van der Waals surface area (Å²) in [4.78, 5) is 0. The molecule has 0 radical (unpaired) electrons. The van der Waals surface area contributed by atoms with Crippen molar-refractivity contribution in [2.24, 2.45) is 44.8 Å². The highest BCUT2D eigenvalue weighted by Crippen LogP contribution is 2.81. The fraction of sp³-hybridized carbons (Fsp3) is 1.00. The normalized spacial score (nSPS) is 64.9. The molecule has 1 heterocycles. The highest BCUT2D eigenvalue weighted by atomic mass is 16.6. The van der Waals surface area contributed by atoms with Crippen LogP contribution in [0.1, 0.15) is 106 Å². The van der Waals surface area contributed by atoms with Gasteiger partial charge in [0.15, 0.2) is 0 Å². The first-order valence-electron chi connectivity index (χ1n) is 12.8. The van der Waals surface area contributed by atoms with Crippen LogP contribution < -0.4 is 0 Å². The van der Waals surface area contributed by atoms with Gasteiger partial charge in [0.05, 0.1) is 12.2 Å². The number of ether oxygens (including phenoxy) is 1. The molecule has 1 N–H and O–H groups in total. The van der Waals surface area contributed by atoms with Crippen molar-refractivity contribution in [3.63, 3.8) is 0 Å². The van der Waals surface area contributed by atoms with Crippen LogP contribution in [0.5, 0.6) is 0 Å². The Bertz CT molecular complexity index is 745. The lowest BCUT2D eigenvalue weighted by Crippen LogP contribution is -2.67. The summed E-state index contributed by atoms with van der Waals surface area (Å²) in [6.45, 7) is 15.3. The van der Waals surface area contributed by atoms with Crippen LogP contribution in [-0.4, -0.2) is 22.9 Å². The highest BCUT2D eigenvalue weighted by Gasteiger charge is 2.81. The molecule has 0 aromatic rings. The second-order valence-corrected chi connectivity index (χ2v) is 14.0. The summed E-state index contributed by atoms with van der Waals surface area (Å²) in [5.74, 6) is 2.24. The Balaban J connectivity index is 1.41. The lowest BCUT2D eigenvalue weighted by molar-refractivity contribution is -0.248. The van der Waals surface area contributed by atoms with Gasteiger partial charge < -0.3 is 9.84 Å². The highest BCUT2D eigenvalue weighted by molar-refractivity contribution is 5.29. The van der Waals surface area contributed by atoms with Crippen molar-refractivity contribution in [3.8, 4) is 0 Å². The minimum atomic E-state index is -0.120. The molecule has 29 heavy (non-hydrogen) atoms. The van der Waals surface area contributed by atoms with Crippen molar-refractivity contribution in [1.82, 2.24) is 0 Å². The second kappa shape index (κ2) is 5.28. The van der Waals surface area contributed by atoms with Crippen LogP contribution in [0.25, 0.3) is 0 Å². The van der Waals surface area contributed by atoms with Crippen LogP contribution in [0.2, 0.25) is 0 Å². The van der Waals surface area contributed by atoms with Gasteiger partial charge in [0.1, 0.15) is 5.60 Å². The third-order valence-corrected chi connectivity index (χ3v) is 13.2. The van der Waals surface area contributed by atoms with E-state index in [1.54, 1.807) is 0 Å². The molecule has 1 aliphatic heterocycles. The minimum Gasteiger partial charge on any atom is -0.393 e. The molecule has 1 spiro atoms. The van der Waals surface area contributed by atoms with Gasteiger partial charge in [-0.3, -0.25) is 0 Å². The molecule has 5 aliphatic carbocycles. The first kappa shape index (κ1) is 19.6. The molecule has 0 aromatic carbocycles. The van der Waals surface area contributed by atoms with Gasteiger partial charge in [-0.05, 0) is 109 Å². The Morgan fingerprint density at radius 3 is 2.07 bits per heavy atom. The maximum atomic E-state index is 10.8. The van der Waals surface area contributed by atoms with E-state index in [9.17, 15) is 5.11 Å². The van der Waals surface area contributed by atoms with E-state index in [0.717, 1.165) is 18.3 Å². The second-order valence-electron chi connectivity index (χ2n) is 14.0. The number of rotatable bonds is 0. The number of aliphatic hydroxyl groups is 1. The Morgan fingerprint density at radius 2 is 1.34 bits per heavy atom. The Morgan fingerprint density at radius 1 is 0.655 bits per heavy atom. The molecule has 0 bridgehead atoms. The first-order valence-corrected chi connectivity index (χ1v) is 12.8. The zero-order valence-corrected chi connectivity index (χ0v) is 19.8. The smallest absolute Gasteiger partial charge is 0.103 e. The first-order chi connectivity index (χ1) is 13.5. The van der Waals surface area contributed by atoms with E-state index in [-0.39, 0.29) is 17.1 Å². The summed E-state index contributed by atoms with van der Waals surface area (Å²) in [6, 6.07) is 0. The fourth-order valence-corrected chi connectivity index (χ4v) is 11.3. The van der Waals surface area contributed by atoms with E-state index in [1.807, 2.05) is 0 Å². The Kier molecular flexibility index (Phi) is 3.57. The van der Waals surface area contributed by atoms with Gasteiger partial charge in [-0.15, -0.1) is 0 Å². The standard InChI is InChI=1S/C27H44O2/c1-22(2)17-9-14-25(5)18(24(17,4)13-10-20(22)28)7-8-19-26(25,6)16-15-23(3)12-11-21-27(19,23)29-21/h17-21,28H,7-16H2,1-6H3/t17-,18+,19-,20-,21-,23+,24-,25+,26+,27-/m0/s1. The predicted octanol–water partition coefficient (Wildman–Crippen LogP) is 6.35. The maximum absolute atomic E-state index is 10.8. The molecule has 2 nitrogen and oxygen atoms in total. The van der Waals surface area contributed by atoms with Gasteiger partial charge >= 0.3 is 0 Å². The third kappa shape index (κ3) is 1.92. The van der Waals surface area contributed by atoms with Crippen LogP contribution in [0, 0.1) is 44.8 Å². The summed E-state index contributed by atoms with van der Waals surface area (Å²) in [6.07, 6.45) is 13.6. The van der Waals surface area contributed by atoms with Crippen molar-refractivity contribution >= 4 is 0 Å². The predicted molar refractivity (Wildman–Crippen MR) is 116 cm³/mol. The Labute approximate surface area is 178 Å². The number of hydrogen-bond donors (Lipinski definition) is 1. The summed E-state index contributed by atoms with van der Waals surface area (Å²) >= 11 is 0. The van der Waals surface area contributed by atoms with Crippen LogP contribution in [-0.2, 0) is 4.74 Å². The van der Waals surface area contributed by atoms with Crippen LogP contribution in [0.4, 0.5) is 0 Å². The quantitative estimate of drug-likeness (QED) is 0.480. The van der Waals surface area contributed by atoms with Gasteiger partial charge in [-0.2, -0.15) is 0 Å². The molecule has 6 rings (SSSR count). The molecule has 5 saturated carbocycles. The molecule has 0 amide bonds. The average Bonchev–Trinajstić information content (AvgIpc) is 3.31. The van der Waals surface area contributed by atoms with E-state index in [2.05, 4.69) is 41.5 Å². The average molecular weight is 401 g/mol. The minimum absolute atomic E-state index is 0.0616. The molecule has 164 valence electrons. The third-order valence-electron chi connectivity index (χ3n) is 13.2. The van der Waals surface area contributed by atoms with E-state index in [0.29, 0.717) is 33.7 Å². The van der Waals surface area contributed by atoms with E-state index < -0.39 is 0 Å². The largest absolute Gasteiger partial charge is 0.393 e. The van der Waals surface area contributed by atoms with Gasteiger partial charge in [-0.1, -0.05) is 41.5 Å². The monoisotopic (exact) mass is 400 g/mol. The van der Waals surface area contributed by atoms with Crippen molar-refractivity contribution < 1.29 is 9.84 Å². The molecule has 10 atom stereocenters. The van der Waals surface area contributed by atoms with Crippen molar-refractivity contribution in [3.05, 3.63) is 0 Å². The van der Waals surface area contributed by atoms with Gasteiger partial charge in [0.2, 0.25) is 0 Å². The summed E-state index contributed by atoms with van der Waals surface area (Å²) < 4.78 is 6.65. The Hall–Kier alpha value is -0.0800. The van der Waals surface area contributed by atoms with Crippen molar-refractivity contribution in [1.29, 1.82) is 0 Å². The molecule has 0 unspecified atom stereocenters. The van der Waals surface area contributed by atoms with E-state index in [1.165, 1.54) is 57.8 Å². The van der Waals surface area contributed by atoms with E-state index >= 15 is 0 Å². The number of aliphatic hydroxyl groups excluding tert-OH is 1. The van der Waals surface area contributed by atoms with Crippen LogP contribution >= 0.6 is 0 Å². The van der Waals surface area contributed by atoms with Gasteiger partial charge in [0.25, 0.3) is 0 Å². The van der Waals surface area contributed by atoms with Crippen LogP contribution in [0.3, 0.4) is 0 Å². The molecule has 0 aromatic heterocycles. The van der Waals surface area contributed by atoms with Crippen molar-refractivity contribution in [2.45, 2.75) is 124 Å². The lowest BCUT2D eigenvalue weighted by Gasteiger charge is -2.72. The molecule has 6 fully saturated rings. The summed E-state index contributed by atoms with van der Waals surface area (Å²) in [5, 5.41) is 10.8. The number of epoxide rings is 1. The zero-order valence-electron chi connectivity index (χ0n) is 19.8. The molecular formula is C27H44O2. The lowest BCUT2D eigenvalue weighted by atomic mass is 9.32. The molecule has 6 aliphatic rings. The van der Waals surface area contributed by atoms with Crippen LogP contribution in [0.15, 0.2) is 0 Å². The van der Waals surface area contributed by atoms with Gasteiger partial charge in [-0.25, -0.2) is 0 Å². The fourth-order valence-electron chi connectivity index (χ4n) is 11.3. The SMILES string of the molecule is CC1(C)[C@@H](O)CC[C@]2(C)[C@H]3CC[C@@H]4[C@]56O[C@H]5CC[C@]6(C)CC[C@@]4(C)[C@]3(C)CC[C@@H]12. The molecule has 1 saturated heterocycles. The van der Waals surface area contributed by atoms with Crippen molar-refractivity contribution in [2.75, 3.05) is 0 Å². The zero-order chi connectivity index (χ0) is 20.7. The summed E-state index contributed by atoms with van der Waals surface area (Å²) in [5.41, 5.74) is 1.97. The maximum Gasteiger partial charge on any atom is 0.103 e. The number of fused-ring (bicyclic) bond motifs is 5. The summed E-state index contributed by atoms with van der Waals surface area (Å²) in [7, 11) is 0. The topological polar surface area (TPSA) is 32.8 Å². The number of hydrogen-bond acceptors (Lipinski definition) is 2. The molecular weight excluding hydrogens is 356 g/mol. The van der Waals surface area contributed by atoms with Gasteiger partial charge in [0, 0.05) is 0 Å². The van der Waals surface area contributed by atoms with E-state index in [4.69, 9.17) is 4.74 Å².